The topological polar surface area (TPSA) is 233 Å². The van der Waals surface area contributed by atoms with E-state index in [1.807, 2.05) is 66.2 Å². The van der Waals surface area contributed by atoms with Gasteiger partial charge in [-0.1, -0.05) is 32.9 Å². The minimum atomic E-state index is -1.56. The van der Waals surface area contributed by atoms with Crippen LogP contribution in [0.1, 0.15) is 68.5 Å². The first-order valence-electron chi connectivity index (χ1n) is 20.0. The molecule has 0 atom stereocenters. The second-order valence-electron chi connectivity index (χ2n) is 14.5. The van der Waals surface area contributed by atoms with Gasteiger partial charge in [-0.15, -0.1) is 22.7 Å². The van der Waals surface area contributed by atoms with E-state index in [0.29, 0.717) is 57.8 Å². The lowest BCUT2D eigenvalue weighted by atomic mass is 9.99. The minimum absolute atomic E-state index is 0.221. The Labute approximate surface area is 369 Å². The van der Waals surface area contributed by atoms with Crippen LogP contribution in [0.25, 0.3) is 64.9 Å². The molecule has 0 saturated heterocycles. The van der Waals surface area contributed by atoms with Crippen molar-refractivity contribution in [3.05, 3.63) is 160 Å². The quantitative estimate of drug-likeness (QED) is 0.0707. The molecule has 0 fully saturated rings. The third-order valence-electron chi connectivity index (χ3n) is 10.8. The van der Waals surface area contributed by atoms with E-state index in [0.717, 1.165) is 36.7 Å². The first-order chi connectivity index (χ1) is 30.8. The van der Waals surface area contributed by atoms with Gasteiger partial charge in [-0.25, -0.2) is 14.4 Å². The number of hydrogen-bond donors (Lipinski definition) is 6. The molecule has 0 unspecified atom stereocenters. The van der Waals surface area contributed by atoms with Gasteiger partial charge in [0, 0.05) is 25.9 Å². The number of pyridine rings is 3. The third kappa shape index (κ3) is 7.91. The van der Waals surface area contributed by atoms with Crippen LogP contribution in [0.2, 0.25) is 0 Å². The molecule has 64 heavy (non-hydrogen) atoms. The molecule has 3 aromatic carbocycles. The number of nitrogens with one attached hydrogen (secondary N) is 3. The zero-order valence-corrected chi connectivity index (χ0v) is 35.9. The monoisotopic (exact) mass is 895 g/mol. The van der Waals surface area contributed by atoms with E-state index in [4.69, 9.17) is 14.3 Å². The highest BCUT2D eigenvalue weighted by Gasteiger charge is 2.28. The van der Waals surface area contributed by atoms with E-state index in [9.17, 15) is 39.0 Å². The van der Waals surface area contributed by atoms with Crippen molar-refractivity contribution in [2.24, 2.45) is 0 Å². The molecule has 6 aromatic heterocycles. The van der Waals surface area contributed by atoms with E-state index < -0.39 is 57.2 Å². The maximum atomic E-state index is 13.5. The van der Waals surface area contributed by atoms with Crippen LogP contribution in [0.15, 0.2) is 115 Å². The number of aromatic amines is 3. The van der Waals surface area contributed by atoms with E-state index in [2.05, 4.69) is 15.0 Å². The number of H-pyrrole nitrogens is 3. The third-order valence-corrected chi connectivity index (χ3v) is 12.6. The van der Waals surface area contributed by atoms with Crippen molar-refractivity contribution in [3.63, 3.8) is 0 Å². The van der Waals surface area contributed by atoms with Crippen LogP contribution in [0.4, 0.5) is 0 Å². The number of carbonyl (C=O) groups excluding carboxylic acids is 1. The molecule has 0 aliphatic carbocycles. The van der Waals surface area contributed by atoms with E-state index in [1.54, 1.807) is 60.8 Å². The number of fused-ring (bicyclic) bond motifs is 3. The lowest BCUT2D eigenvalue weighted by molar-refractivity contribution is 0.0668. The number of thiophene rings is 2. The maximum Gasteiger partial charge on any atom is 0.349 e. The number of carboxylic acid groups (broad SMARTS) is 2. The second-order valence-corrected chi connectivity index (χ2v) is 16.4. The first kappa shape index (κ1) is 42.9. The molecule has 0 aliphatic heterocycles. The van der Waals surface area contributed by atoms with Gasteiger partial charge in [-0.05, 0) is 130 Å². The van der Waals surface area contributed by atoms with Gasteiger partial charge >= 0.3 is 17.9 Å². The summed E-state index contributed by atoms with van der Waals surface area (Å²) >= 11 is 3.23. The zero-order chi connectivity index (χ0) is 45.4. The van der Waals surface area contributed by atoms with Crippen molar-refractivity contribution in [3.8, 4) is 45.3 Å². The molecule has 0 saturated carbocycles. The Bertz CT molecular complexity index is 3510. The highest BCUT2D eigenvalue weighted by atomic mass is 32.1. The van der Waals surface area contributed by atoms with Crippen LogP contribution in [-0.4, -0.2) is 48.2 Å². The number of rotatable bonds is 10. The molecule has 9 rings (SSSR count). The summed E-state index contributed by atoms with van der Waals surface area (Å²) in [5.74, 6) is -4.92. The Kier molecular flexibility index (Phi) is 11.7. The molecule has 0 aliphatic rings. The van der Waals surface area contributed by atoms with Crippen LogP contribution in [-0.2, 0) is 19.3 Å². The average Bonchev–Trinajstić information content (AvgIpc) is 4.07. The van der Waals surface area contributed by atoms with Crippen LogP contribution in [0.3, 0.4) is 0 Å². The maximum absolute atomic E-state index is 13.5. The Morgan fingerprint density at radius 2 is 1.14 bits per heavy atom. The molecule has 0 radical (unpaired) electrons. The number of aromatic nitrogens is 3. The molecular formula is C48H37N3O11S2. The zero-order valence-electron chi connectivity index (χ0n) is 34.3. The Morgan fingerprint density at radius 1 is 0.609 bits per heavy atom. The molecule has 0 amide bonds. The summed E-state index contributed by atoms with van der Waals surface area (Å²) in [5, 5.41) is 35.9. The van der Waals surface area contributed by atoms with Crippen LogP contribution < -0.4 is 21.4 Å². The number of benzene rings is 3. The fourth-order valence-electron chi connectivity index (χ4n) is 7.70. The first-order valence-corrected chi connectivity index (χ1v) is 21.7. The van der Waals surface area contributed by atoms with Crippen molar-refractivity contribution in [2.45, 2.75) is 40.0 Å². The van der Waals surface area contributed by atoms with Gasteiger partial charge in [0.2, 0.25) is 0 Å². The Morgan fingerprint density at radius 3 is 1.72 bits per heavy atom. The van der Waals surface area contributed by atoms with E-state index >= 15 is 0 Å². The van der Waals surface area contributed by atoms with Gasteiger partial charge in [-0.3, -0.25) is 14.4 Å². The van der Waals surface area contributed by atoms with Crippen molar-refractivity contribution in [2.75, 3.05) is 0 Å². The minimum Gasteiger partial charge on any atom is -0.506 e. The number of hydrogen-bond acceptors (Lipinski definition) is 11. The second kappa shape index (κ2) is 17.5. The molecule has 9 aromatic rings. The van der Waals surface area contributed by atoms with Crippen molar-refractivity contribution < 1.29 is 38.9 Å². The van der Waals surface area contributed by atoms with Gasteiger partial charge in [0.05, 0.1) is 23.3 Å². The lowest BCUT2D eigenvalue weighted by Gasteiger charge is -2.16. The number of aromatic hydroxyl groups is 1. The number of carbonyl (C=O) groups is 3. The van der Waals surface area contributed by atoms with Crippen molar-refractivity contribution in [1.29, 1.82) is 0 Å². The fourth-order valence-corrected chi connectivity index (χ4v) is 9.24. The fraction of sp³-hybridized carbons (Fsp3) is 0.125. The summed E-state index contributed by atoms with van der Waals surface area (Å²) in [6, 6.07) is 24.0. The lowest BCUT2D eigenvalue weighted by Crippen LogP contribution is -2.27. The largest absolute Gasteiger partial charge is 0.506 e. The van der Waals surface area contributed by atoms with Gasteiger partial charge < -0.3 is 39.4 Å². The summed E-state index contributed by atoms with van der Waals surface area (Å²) in [6.07, 6.45) is 2.66. The van der Waals surface area contributed by atoms with Crippen molar-refractivity contribution >= 4 is 71.7 Å². The highest BCUT2D eigenvalue weighted by molar-refractivity contribution is 7.17. The van der Waals surface area contributed by atoms with E-state index in [-0.39, 0.29) is 12.0 Å². The summed E-state index contributed by atoms with van der Waals surface area (Å²) in [5.41, 5.74) is 1.46. The summed E-state index contributed by atoms with van der Waals surface area (Å²) in [7, 11) is 0. The summed E-state index contributed by atoms with van der Waals surface area (Å²) in [6.45, 7) is 5.44. The molecule has 0 spiro atoms. The molecule has 16 heteroatoms. The molecule has 6 heterocycles. The van der Waals surface area contributed by atoms with E-state index in [1.165, 1.54) is 12.3 Å². The molecule has 6 N–H and O–H groups in total. The smallest absolute Gasteiger partial charge is 0.349 e. The number of esters is 1. The predicted octanol–water partition coefficient (Wildman–Crippen LogP) is 9.62. The van der Waals surface area contributed by atoms with Gasteiger partial charge in [0.1, 0.15) is 16.9 Å². The summed E-state index contributed by atoms with van der Waals surface area (Å²) < 4.78 is 13.3. The Hall–Kier alpha value is -7.82. The molecule has 0 bridgehead atoms. The van der Waals surface area contributed by atoms with Crippen LogP contribution in [0, 0.1) is 0 Å². The predicted molar refractivity (Wildman–Crippen MR) is 247 cm³/mol. The van der Waals surface area contributed by atoms with Gasteiger partial charge in [0.25, 0.3) is 16.7 Å². The summed E-state index contributed by atoms with van der Waals surface area (Å²) in [4.78, 5) is 83.0. The van der Waals surface area contributed by atoms with Crippen LogP contribution in [0.5, 0.6) is 11.5 Å². The standard InChI is InChI=1S/C32H24N2O7S.C16H13NO4S/c1-3-16-15-22(29(35)33-26(16)19-6-8-24-18(14-19)10-12-42-24)32(39)41-28-21(4-2)27(34-30(36)25(28)31(37)38)20-5-7-23-17(13-20)9-11-40-23;1-2-10-13(17-15(19)12(14(10)18)16(20)21)9-3-4-11-8(7-9)5-6-22-11/h5-15H,3-4H2,1-2H3,(H,33,35)(H,34,36)(H,37,38);3-7H,2H2,1H3,(H,20,21)(H2,17,18,19). The Balaban J connectivity index is 0.000000214. The number of aromatic carboxylic acids is 2. The number of furan rings is 1. The van der Waals surface area contributed by atoms with Gasteiger partial charge in [0.15, 0.2) is 16.9 Å². The molecule has 322 valence electrons. The number of aryl methyl sites for hydroxylation is 1. The average molecular weight is 896 g/mol. The highest BCUT2D eigenvalue weighted by Crippen LogP contribution is 2.35. The molecular weight excluding hydrogens is 859 g/mol. The van der Waals surface area contributed by atoms with Crippen LogP contribution >= 0.6 is 22.7 Å². The van der Waals surface area contributed by atoms with Crippen molar-refractivity contribution in [1.82, 2.24) is 15.0 Å². The SMILES string of the molecule is CCc1c(-c2ccc3sccc3c2)[nH]c(=O)c(C(=O)O)c1O.CCc1cc(C(=O)Oc2c(CC)c(-c3ccc4occc4c3)[nH]c(=O)c2C(=O)O)c(=O)[nH]c1-c1ccc2sccc2c1. The molecule has 14 nitrogen and oxygen atoms in total. The van der Waals surface area contributed by atoms with Gasteiger partial charge in [-0.2, -0.15) is 0 Å². The normalized spacial score (nSPS) is 11.2. The number of carboxylic acids is 2. The number of ether oxygens (including phenoxy) is 1.